The average Bonchev–Trinajstić information content (AvgIpc) is 3.07. The van der Waals surface area contributed by atoms with Gasteiger partial charge in [-0.2, -0.15) is 18.3 Å². The van der Waals surface area contributed by atoms with Crippen LogP contribution in [-0.2, 0) is 24.4 Å². The van der Waals surface area contributed by atoms with Crippen molar-refractivity contribution in [1.82, 2.24) is 24.2 Å². The number of rotatable bonds is 5. The van der Waals surface area contributed by atoms with Crippen LogP contribution in [0.25, 0.3) is 0 Å². The largest absolute Gasteiger partial charge is 0.406 e. The van der Waals surface area contributed by atoms with Crippen LogP contribution in [0.1, 0.15) is 11.4 Å². The zero-order chi connectivity index (χ0) is 17.2. The maximum absolute atomic E-state index is 12.6. The van der Waals surface area contributed by atoms with Crippen LogP contribution in [0, 0.1) is 6.92 Å². The molecule has 0 spiro atoms. The Morgan fingerprint density at radius 3 is 2.92 bits per heavy atom. The molecule has 0 N–H and O–H groups in total. The van der Waals surface area contributed by atoms with Gasteiger partial charge in [0.1, 0.15) is 12.4 Å². The Balaban J connectivity index is 1.58. The summed E-state index contributed by atoms with van der Waals surface area (Å²) in [4.78, 5) is 6.14. The van der Waals surface area contributed by atoms with Crippen molar-refractivity contribution in [2.24, 2.45) is 0 Å². The van der Waals surface area contributed by atoms with E-state index in [1.807, 2.05) is 17.8 Å². The number of hydrogen-bond donors (Lipinski definition) is 0. The van der Waals surface area contributed by atoms with Crippen LogP contribution in [0.3, 0.4) is 0 Å². The molecule has 0 radical (unpaired) electrons. The summed E-state index contributed by atoms with van der Waals surface area (Å²) >= 11 is 0. The van der Waals surface area contributed by atoms with Crippen LogP contribution >= 0.6 is 0 Å². The van der Waals surface area contributed by atoms with Gasteiger partial charge in [0.05, 0.1) is 32.0 Å². The van der Waals surface area contributed by atoms with E-state index in [9.17, 15) is 13.2 Å². The Hall–Kier alpha value is -1.87. The quantitative estimate of drug-likeness (QED) is 0.831. The molecular formula is C15H20F3N5O. The van der Waals surface area contributed by atoms with Crippen LogP contribution in [0.15, 0.2) is 24.8 Å². The molecule has 9 heteroatoms. The summed E-state index contributed by atoms with van der Waals surface area (Å²) in [7, 11) is 0. The van der Waals surface area contributed by atoms with Gasteiger partial charge in [-0.25, -0.2) is 4.98 Å². The fraction of sp³-hybridized carbons (Fsp3) is 0.600. The molecule has 1 aliphatic rings. The van der Waals surface area contributed by atoms with Gasteiger partial charge < -0.3 is 9.30 Å². The normalized spacial score (nSPS) is 19.8. The summed E-state index contributed by atoms with van der Waals surface area (Å²) < 4.78 is 46.5. The number of morpholine rings is 1. The standard InChI is InChI=1S/C15H20F3N5O/c1-12-6-20-23(7-12)9-13-8-21(4-5-24-13)10-14-19-2-3-22(14)11-15(16,17)18/h2-3,6-7,13H,4-5,8-11H2,1H3/t13-/m0/s1. The number of ether oxygens (including phenoxy) is 1. The van der Waals surface area contributed by atoms with E-state index in [4.69, 9.17) is 4.74 Å². The number of aromatic nitrogens is 4. The van der Waals surface area contributed by atoms with Crippen molar-refractivity contribution in [2.45, 2.75) is 38.8 Å². The lowest BCUT2D eigenvalue weighted by atomic mass is 10.2. The molecule has 2 aromatic rings. The molecule has 0 saturated carbocycles. The highest BCUT2D eigenvalue weighted by Crippen LogP contribution is 2.19. The molecule has 1 aliphatic heterocycles. The van der Waals surface area contributed by atoms with Gasteiger partial charge in [-0.1, -0.05) is 0 Å². The van der Waals surface area contributed by atoms with Crippen LogP contribution in [0.5, 0.6) is 0 Å². The van der Waals surface area contributed by atoms with E-state index in [-0.39, 0.29) is 6.10 Å². The van der Waals surface area contributed by atoms with E-state index >= 15 is 0 Å². The molecule has 1 atom stereocenters. The molecule has 1 saturated heterocycles. The monoisotopic (exact) mass is 343 g/mol. The van der Waals surface area contributed by atoms with Gasteiger partial charge in [0.2, 0.25) is 0 Å². The fourth-order valence-corrected chi connectivity index (χ4v) is 2.84. The Bertz CT molecular complexity index is 666. The first kappa shape index (κ1) is 17.0. The van der Waals surface area contributed by atoms with E-state index in [1.165, 1.54) is 12.4 Å². The van der Waals surface area contributed by atoms with Crippen LogP contribution in [0.4, 0.5) is 13.2 Å². The maximum Gasteiger partial charge on any atom is 0.406 e. The van der Waals surface area contributed by atoms with E-state index in [0.29, 0.717) is 38.6 Å². The van der Waals surface area contributed by atoms with Gasteiger partial charge in [0.15, 0.2) is 0 Å². The van der Waals surface area contributed by atoms with Crippen molar-refractivity contribution in [1.29, 1.82) is 0 Å². The highest BCUT2D eigenvalue weighted by molar-refractivity contribution is 4.99. The predicted octanol–water partition coefficient (Wildman–Crippen LogP) is 1.85. The molecule has 3 heterocycles. The lowest BCUT2D eigenvalue weighted by Crippen LogP contribution is -2.44. The number of hydrogen-bond acceptors (Lipinski definition) is 4. The summed E-state index contributed by atoms with van der Waals surface area (Å²) in [5, 5.41) is 4.24. The average molecular weight is 343 g/mol. The number of aryl methyl sites for hydroxylation is 1. The minimum Gasteiger partial charge on any atom is -0.374 e. The molecule has 0 aromatic carbocycles. The lowest BCUT2D eigenvalue weighted by Gasteiger charge is -2.32. The third kappa shape index (κ3) is 4.57. The van der Waals surface area contributed by atoms with Crippen molar-refractivity contribution in [3.8, 4) is 0 Å². The van der Waals surface area contributed by atoms with Crippen molar-refractivity contribution < 1.29 is 17.9 Å². The Labute approximate surface area is 137 Å². The molecule has 3 rings (SSSR count). The van der Waals surface area contributed by atoms with Gasteiger partial charge in [-0.3, -0.25) is 9.58 Å². The summed E-state index contributed by atoms with van der Waals surface area (Å²) in [5.41, 5.74) is 1.08. The van der Waals surface area contributed by atoms with E-state index in [1.54, 1.807) is 6.20 Å². The third-order valence-electron chi connectivity index (χ3n) is 3.89. The lowest BCUT2D eigenvalue weighted by molar-refractivity contribution is -0.141. The molecule has 2 aromatic heterocycles. The zero-order valence-corrected chi connectivity index (χ0v) is 13.4. The van der Waals surface area contributed by atoms with Crippen molar-refractivity contribution >= 4 is 0 Å². The van der Waals surface area contributed by atoms with Crippen LogP contribution < -0.4 is 0 Å². The number of imidazole rings is 1. The molecule has 0 unspecified atom stereocenters. The SMILES string of the molecule is Cc1cnn(C[C@@H]2CN(Cc3nccn3CC(F)(F)F)CCO2)c1. The predicted molar refractivity (Wildman–Crippen MR) is 80.3 cm³/mol. The molecule has 0 amide bonds. The molecule has 1 fully saturated rings. The molecule has 132 valence electrons. The summed E-state index contributed by atoms with van der Waals surface area (Å²) in [5.74, 6) is 0.419. The molecule has 0 aliphatic carbocycles. The number of nitrogens with zero attached hydrogens (tertiary/aromatic N) is 5. The molecular weight excluding hydrogens is 323 g/mol. The third-order valence-corrected chi connectivity index (χ3v) is 3.89. The highest BCUT2D eigenvalue weighted by atomic mass is 19.4. The Kier molecular flexibility index (Phi) is 4.91. The Morgan fingerprint density at radius 2 is 2.21 bits per heavy atom. The second-order valence-electron chi connectivity index (χ2n) is 6.05. The summed E-state index contributed by atoms with van der Waals surface area (Å²) in [6, 6.07) is 0. The van der Waals surface area contributed by atoms with Gasteiger partial charge in [0.25, 0.3) is 0 Å². The molecule has 24 heavy (non-hydrogen) atoms. The van der Waals surface area contributed by atoms with Gasteiger partial charge in [0, 0.05) is 31.7 Å². The second kappa shape index (κ2) is 6.94. The zero-order valence-electron chi connectivity index (χ0n) is 13.4. The first-order valence-electron chi connectivity index (χ1n) is 7.79. The van der Waals surface area contributed by atoms with Gasteiger partial charge >= 0.3 is 6.18 Å². The molecule has 0 bridgehead atoms. The van der Waals surface area contributed by atoms with Crippen molar-refractivity contribution in [2.75, 3.05) is 19.7 Å². The summed E-state index contributed by atoms with van der Waals surface area (Å²) in [6.07, 6.45) is 2.22. The van der Waals surface area contributed by atoms with Crippen molar-refractivity contribution in [3.63, 3.8) is 0 Å². The topological polar surface area (TPSA) is 48.1 Å². The Morgan fingerprint density at radius 1 is 1.38 bits per heavy atom. The van der Waals surface area contributed by atoms with Crippen LogP contribution in [-0.4, -0.2) is 56.2 Å². The van der Waals surface area contributed by atoms with Crippen LogP contribution in [0.2, 0.25) is 0 Å². The summed E-state index contributed by atoms with van der Waals surface area (Å²) in [6.45, 7) is 3.82. The number of alkyl halides is 3. The maximum atomic E-state index is 12.6. The minimum absolute atomic E-state index is 0.0379. The molecule has 6 nitrogen and oxygen atoms in total. The van der Waals surface area contributed by atoms with Gasteiger partial charge in [-0.05, 0) is 12.5 Å². The van der Waals surface area contributed by atoms with Crippen molar-refractivity contribution in [3.05, 3.63) is 36.2 Å². The second-order valence-corrected chi connectivity index (χ2v) is 6.05. The first-order valence-corrected chi connectivity index (χ1v) is 7.79. The first-order chi connectivity index (χ1) is 11.4. The highest BCUT2D eigenvalue weighted by Gasteiger charge is 2.29. The van der Waals surface area contributed by atoms with E-state index in [0.717, 1.165) is 10.1 Å². The van der Waals surface area contributed by atoms with E-state index < -0.39 is 12.7 Å². The smallest absolute Gasteiger partial charge is 0.374 e. The fourth-order valence-electron chi connectivity index (χ4n) is 2.84. The van der Waals surface area contributed by atoms with E-state index in [2.05, 4.69) is 15.0 Å². The van der Waals surface area contributed by atoms with Gasteiger partial charge in [-0.15, -0.1) is 0 Å². The minimum atomic E-state index is -4.25. The number of halogens is 3.